The molecule has 0 radical (unpaired) electrons. The number of nitrogens with zero attached hydrogens (tertiary/aromatic N) is 3. The normalized spacial score (nSPS) is 12.2. The molecule has 0 saturated carbocycles. The Balaban J connectivity index is 2.00. The minimum Gasteiger partial charge on any atom is -0.394 e. The van der Waals surface area contributed by atoms with Crippen LogP contribution in [0, 0.1) is 12.7 Å². The quantitative estimate of drug-likeness (QED) is 0.880. The molecule has 0 saturated heterocycles. The highest BCUT2D eigenvalue weighted by Gasteiger charge is 2.17. The van der Waals surface area contributed by atoms with Crippen LogP contribution in [0.2, 0.25) is 0 Å². The molecule has 1 unspecified atom stereocenters. The SMILES string of the molecule is Cc1ccc(-c2noc(CCC(=O)N(C)C(C)CO)n2)cc1F. The highest BCUT2D eigenvalue weighted by molar-refractivity contribution is 5.76. The van der Waals surface area contributed by atoms with E-state index in [4.69, 9.17) is 9.63 Å². The molecule has 1 amide bonds. The Labute approximate surface area is 133 Å². The largest absolute Gasteiger partial charge is 0.394 e. The van der Waals surface area contributed by atoms with E-state index in [2.05, 4.69) is 10.1 Å². The molecule has 124 valence electrons. The maximum atomic E-state index is 13.6. The van der Waals surface area contributed by atoms with Crippen LogP contribution in [0.1, 0.15) is 24.8 Å². The fourth-order valence-corrected chi connectivity index (χ4v) is 1.96. The van der Waals surface area contributed by atoms with Gasteiger partial charge in [0.15, 0.2) is 0 Å². The maximum absolute atomic E-state index is 13.6. The summed E-state index contributed by atoms with van der Waals surface area (Å²) in [5.41, 5.74) is 1.07. The standard InChI is InChI=1S/C16H20FN3O3/c1-10-4-5-12(8-13(10)17)16-18-14(23-19-16)6-7-15(22)20(3)11(2)9-21/h4-5,8,11,21H,6-7,9H2,1-3H3. The number of hydrogen-bond donors (Lipinski definition) is 1. The average molecular weight is 321 g/mol. The van der Waals surface area contributed by atoms with Gasteiger partial charge in [0.05, 0.1) is 12.6 Å². The van der Waals surface area contributed by atoms with Crippen molar-refractivity contribution in [1.82, 2.24) is 15.0 Å². The van der Waals surface area contributed by atoms with Crippen LogP contribution in [-0.2, 0) is 11.2 Å². The van der Waals surface area contributed by atoms with Crippen molar-refractivity contribution in [3.8, 4) is 11.4 Å². The monoisotopic (exact) mass is 321 g/mol. The lowest BCUT2D eigenvalue weighted by Gasteiger charge is -2.22. The molecule has 23 heavy (non-hydrogen) atoms. The minimum absolute atomic E-state index is 0.0913. The van der Waals surface area contributed by atoms with Crippen LogP contribution >= 0.6 is 0 Å². The topological polar surface area (TPSA) is 79.5 Å². The van der Waals surface area contributed by atoms with E-state index in [1.54, 1.807) is 33.0 Å². The van der Waals surface area contributed by atoms with Crippen molar-refractivity contribution in [3.05, 3.63) is 35.5 Å². The van der Waals surface area contributed by atoms with Gasteiger partial charge in [0, 0.05) is 25.5 Å². The van der Waals surface area contributed by atoms with Crippen molar-refractivity contribution < 1.29 is 18.8 Å². The lowest BCUT2D eigenvalue weighted by atomic mass is 10.1. The third-order valence-corrected chi connectivity index (χ3v) is 3.77. The van der Waals surface area contributed by atoms with E-state index in [1.165, 1.54) is 11.0 Å². The molecule has 0 aliphatic heterocycles. The van der Waals surface area contributed by atoms with E-state index in [9.17, 15) is 9.18 Å². The summed E-state index contributed by atoms with van der Waals surface area (Å²) in [7, 11) is 1.64. The van der Waals surface area contributed by atoms with Gasteiger partial charge in [-0.2, -0.15) is 4.98 Å². The minimum atomic E-state index is -0.330. The second-order valence-electron chi connectivity index (χ2n) is 5.51. The Morgan fingerprint density at radius 1 is 1.48 bits per heavy atom. The van der Waals surface area contributed by atoms with E-state index in [1.807, 2.05) is 0 Å². The number of aliphatic hydroxyl groups excluding tert-OH is 1. The van der Waals surface area contributed by atoms with Crippen LogP contribution < -0.4 is 0 Å². The smallest absolute Gasteiger partial charge is 0.227 e. The second-order valence-corrected chi connectivity index (χ2v) is 5.51. The molecule has 0 bridgehead atoms. The predicted octanol–water partition coefficient (Wildman–Crippen LogP) is 1.96. The lowest BCUT2D eigenvalue weighted by Crippen LogP contribution is -2.37. The molecule has 0 aliphatic carbocycles. The van der Waals surface area contributed by atoms with Crippen LogP contribution in [0.25, 0.3) is 11.4 Å². The fraction of sp³-hybridized carbons (Fsp3) is 0.438. The molecule has 1 atom stereocenters. The van der Waals surface area contributed by atoms with Gasteiger partial charge >= 0.3 is 0 Å². The summed E-state index contributed by atoms with van der Waals surface area (Å²) < 4.78 is 18.7. The van der Waals surface area contributed by atoms with Gasteiger partial charge in [-0.05, 0) is 25.5 Å². The number of rotatable bonds is 6. The first kappa shape index (κ1) is 17.1. The second kappa shape index (κ2) is 7.32. The average Bonchev–Trinajstić information content (AvgIpc) is 3.02. The van der Waals surface area contributed by atoms with Gasteiger partial charge < -0.3 is 14.5 Å². The molecule has 0 fully saturated rings. The number of likely N-dealkylation sites (N-methyl/N-ethyl adjacent to an activating group) is 1. The zero-order valence-electron chi connectivity index (χ0n) is 13.4. The van der Waals surface area contributed by atoms with Crippen LogP contribution in [0.5, 0.6) is 0 Å². The fourth-order valence-electron chi connectivity index (χ4n) is 1.96. The van der Waals surface area contributed by atoms with Crippen molar-refractivity contribution in [2.24, 2.45) is 0 Å². The highest BCUT2D eigenvalue weighted by atomic mass is 19.1. The van der Waals surface area contributed by atoms with E-state index in [0.29, 0.717) is 29.3 Å². The molecule has 6 nitrogen and oxygen atoms in total. The Hall–Kier alpha value is -2.28. The van der Waals surface area contributed by atoms with Gasteiger partial charge in [-0.25, -0.2) is 4.39 Å². The number of carbonyl (C=O) groups excluding carboxylic acids is 1. The van der Waals surface area contributed by atoms with Gasteiger partial charge in [-0.3, -0.25) is 4.79 Å². The summed E-state index contributed by atoms with van der Waals surface area (Å²) in [6, 6.07) is 4.48. The first-order chi connectivity index (χ1) is 10.9. The summed E-state index contributed by atoms with van der Waals surface area (Å²) in [6.07, 6.45) is 0.493. The first-order valence-electron chi connectivity index (χ1n) is 7.38. The molecule has 1 aromatic heterocycles. The number of carbonyl (C=O) groups is 1. The van der Waals surface area contributed by atoms with Gasteiger partial charge in [-0.1, -0.05) is 17.3 Å². The summed E-state index contributed by atoms with van der Waals surface area (Å²) in [5.74, 6) is 0.166. The third kappa shape index (κ3) is 4.13. The summed E-state index contributed by atoms with van der Waals surface area (Å²) in [5, 5.41) is 12.9. The van der Waals surface area contributed by atoms with Crippen molar-refractivity contribution in [1.29, 1.82) is 0 Å². The van der Waals surface area contributed by atoms with Crippen molar-refractivity contribution in [2.45, 2.75) is 32.7 Å². The number of aliphatic hydroxyl groups is 1. The molecule has 1 N–H and O–H groups in total. The Kier molecular flexibility index (Phi) is 5.44. The molecule has 7 heteroatoms. The number of halogens is 1. The van der Waals surface area contributed by atoms with E-state index < -0.39 is 0 Å². The summed E-state index contributed by atoms with van der Waals surface area (Å²) >= 11 is 0. The number of amides is 1. The van der Waals surface area contributed by atoms with Gasteiger partial charge in [-0.15, -0.1) is 0 Å². The third-order valence-electron chi connectivity index (χ3n) is 3.77. The highest BCUT2D eigenvalue weighted by Crippen LogP contribution is 2.19. The van der Waals surface area contributed by atoms with Gasteiger partial charge in [0.2, 0.25) is 17.6 Å². The number of aryl methyl sites for hydroxylation is 2. The summed E-state index contributed by atoms with van der Waals surface area (Å²) in [6.45, 7) is 3.34. The Morgan fingerprint density at radius 3 is 2.87 bits per heavy atom. The molecule has 2 rings (SSSR count). The number of aromatic nitrogens is 2. The number of hydrogen-bond acceptors (Lipinski definition) is 5. The Morgan fingerprint density at radius 2 is 2.22 bits per heavy atom. The Bertz CT molecular complexity index is 687. The molecule has 1 aromatic carbocycles. The van der Waals surface area contributed by atoms with E-state index >= 15 is 0 Å². The molecular formula is C16H20FN3O3. The van der Waals surface area contributed by atoms with Gasteiger partial charge in [0.25, 0.3) is 0 Å². The van der Waals surface area contributed by atoms with Crippen molar-refractivity contribution >= 4 is 5.91 Å². The van der Waals surface area contributed by atoms with Crippen molar-refractivity contribution in [2.75, 3.05) is 13.7 Å². The van der Waals surface area contributed by atoms with E-state index in [-0.39, 0.29) is 30.8 Å². The van der Waals surface area contributed by atoms with Crippen LogP contribution in [0.4, 0.5) is 4.39 Å². The molecule has 0 spiro atoms. The zero-order valence-corrected chi connectivity index (χ0v) is 13.4. The maximum Gasteiger partial charge on any atom is 0.227 e. The molecular weight excluding hydrogens is 301 g/mol. The number of benzene rings is 1. The zero-order chi connectivity index (χ0) is 17.0. The summed E-state index contributed by atoms with van der Waals surface area (Å²) in [4.78, 5) is 17.6. The van der Waals surface area contributed by atoms with Crippen LogP contribution in [0.3, 0.4) is 0 Å². The lowest BCUT2D eigenvalue weighted by molar-refractivity contribution is -0.132. The molecule has 0 aliphatic rings. The predicted molar refractivity (Wildman–Crippen MR) is 82.1 cm³/mol. The van der Waals surface area contributed by atoms with Crippen LogP contribution in [0.15, 0.2) is 22.7 Å². The molecule has 2 aromatic rings. The molecule has 1 heterocycles. The van der Waals surface area contributed by atoms with Gasteiger partial charge in [0.1, 0.15) is 5.82 Å². The van der Waals surface area contributed by atoms with Crippen LogP contribution in [-0.4, -0.2) is 45.8 Å². The van der Waals surface area contributed by atoms with E-state index in [0.717, 1.165) is 0 Å². The van der Waals surface area contributed by atoms with Crippen molar-refractivity contribution in [3.63, 3.8) is 0 Å². The first-order valence-corrected chi connectivity index (χ1v) is 7.38.